The summed E-state index contributed by atoms with van der Waals surface area (Å²) >= 11 is 0. The monoisotopic (exact) mass is 292 g/mol. The number of aromatic nitrogens is 2. The average molecular weight is 292 g/mol. The van der Waals surface area contributed by atoms with E-state index in [1.165, 1.54) is 31.4 Å². The van der Waals surface area contributed by atoms with E-state index in [1.807, 2.05) is 12.5 Å². The van der Waals surface area contributed by atoms with Crippen LogP contribution in [0.25, 0.3) is 0 Å². The van der Waals surface area contributed by atoms with Crippen LogP contribution in [0, 0.1) is 5.92 Å². The van der Waals surface area contributed by atoms with Gasteiger partial charge in [0.15, 0.2) is 0 Å². The second-order valence-electron chi connectivity index (χ2n) is 6.20. The summed E-state index contributed by atoms with van der Waals surface area (Å²) in [6.07, 6.45) is 8.96. The molecule has 1 aliphatic heterocycles. The first kappa shape index (κ1) is 14.5. The van der Waals surface area contributed by atoms with Crippen molar-refractivity contribution < 1.29 is 9.90 Å². The molecule has 116 valence electrons. The molecule has 3 rings (SSSR count). The third-order valence-electron chi connectivity index (χ3n) is 4.67. The van der Waals surface area contributed by atoms with Gasteiger partial charge in [-0.2, -0.15) is 0 Å². The number of aliphatic carboxylic acids is 1. The number of carbonyl (C=O) groups is 1. The molecule has 1 atom stereocenters. The molecule has 0 bridgehead atoms. The Balaban J connectivity index is 1.67. The summed E-state index contributed by atoms with van der Waals surface area (Å²) in [4.78, 5) is 17.8. The first-order valence-corrected chi connectivity index (χ1v) is 7.90. The average Bonchev–Trinajstić information content (AvgIpc) is 3.06. The summed E-state index contributed by atoms with van der Waals surface area (Å²) in [5.74, 6) is -1.03. The lowest BCUT2D eigenvalue weighted by Crippen LogP contribution is -2.34. The molecule has 2 heterocycles. The zero-order chi connectivity index (χ0) is 14.7. The van der Waals surface area contributed by atoms with E-state index in [-0.39, 0.29) is 5.92 Å². The van der Waals surface area contributed by atoms with Gasteiger partial charge in [0.2, 0.25) is 0 Å². The van der Waals surface area contributed by atoms with Crippen LogP contribution < -0.4 is 5.32 Å². The highest BCUT2D eigenvalue weighted by atomic mass is 16.4. The molecular formula is C15H24N4O2. The fourth-order valence-electron chi connectivity index (χ4n) is 3.48. The van der Waals surface area contributed by atoms with Crippen LogP contribution in [0.3, 0.4) is 0 Å². The van der Waals surface area contributed by atoms with Crippen LogP contribution in [-0.2, 0) is 11.3 Å². The largest absolute Gasteiger partial charge is 0.481 e. The summed E-state index contributed by atoms with van der Waals surface area (Å²) in [5, 5.41) is 12.5. The minimum absolute atomic E-state index is 0.324. The molecule has 2 N–H and O–H groups in total. The third-order valence-corrected chi connectivity index (χ3v) is 4.67. The summed E-state index contributed by atoms with van der Waals surface area (Å²) in [5.41, 5.74) is 1.22. The van der Waals surface area contributed by atoms with Crippen LogP contribution >= 0.6 is 0 Å². The van der Waals surface area contributed by atoms with E-state index in [9.17, 15) is 9.90 Å². The van der Waals surface area contributed by atoms with E-state index >= 15 is 0 Å². The Hall–Kier alpha value is -1.40. The number of hydrogen-bond donors (Lipinski definition) is 2. The van der Waals surface area contributed by atoms with Gasteiger partial charge in [-0.05, 0) is 12.8 Å². The molecule has 1 aromatic rings. The van der Waals surface area contributed by atoms with E-state index in [1.54, 1.807) is 0 Å². The highest BCUT2D eigenvalue weighted by molar-refractivity contribution is 5.70. The smallest absolute Gasteiger partial charge is 0.309 e. The van der Waals surface area contributed by atoms with Crippen LogP contribution in [0.1, 0.15) is 37.4 Å². The standard InChI is InChI=1S/C15H24N4O2/c20-15(21)12-7-16-5-6-18(9-12)10-14-8-17-11-19(14)13-3-1-2-4-13/h8,11-13,16H,1-7,9-10H2,(H,20,21). The maximum absolute atomic E-state index is 11.2. The quantitative estimate of drug-likeness (QED) is 0.870. The summed E-state index contributed by atoms with van der Waals surface area (Å²) in [6, 6.07) is 0.586. The van der Waals surface area contributed by atoms with Crippen LogP contribution in [0.2, 0.25) is 0 Å². The van der Waals surface area contributed by atoms with Crippen molar-refractivity contribution in [1.82, 2.24) is 19.8 Å². The molecule has 1 saturated heterocycles. The molecule has 1 unspecified atom stereocenters. The molecule has 0 spiro atoms. The second kappa shape index (κ2) is 6.58. The Bertz CT molecular complexity index is 482. The van der Waals surface area contributed by atoms with Crippen molar-refractivity contribution in [3.05, 3.63) is 18.2 Å². The minimum Gasteiger partial charge on any atom is -0.481 e. The molecule has 1 aliphatic carbocycles. The van der Waals surface area contributed by atoms with Gasteiger partial charge in [-0.1, -0.05) is 12.8 Å². The van der Waals surface area contributed by atoms with Crippen LogP contribution in [0.15, 0.2) is 12.5 Å². The first-order valence-electron chi connectivity index (χ1n) is 7.90. The van der Waals surface area contributed by atoms with Crippen molar-refractivity contribution in [2.45, 2.75) is 38.3 Å². The van der Waals surface area contributed by atoms with E-state index in [0.717, 1.165) is 19.6 Å². The number of nitrogens with one attached hydrogen (secondary N) is 1. The van der Waals surface area contributed by atoms with Crippen LogP contribution in [0.5, 0.6) is 0 Å². The Morgan fingerprint density at radius 3 is 3.00 bits per heavy atom. The van der Waals surface area contributed by atoms with Crippen molar-refractivity contribution in [2.75, 3.05) is 26.2 Å². The number of hydrogen-bond acceptors (Lipinski definition) is 4. The predicted octanol–water partition coefficient (Wildman–Crippen LogP) is 1.10. The van der Waals surface area contributed by atoms with Gasteiger partial charge in [-0.15, -0.1) is 0 Å². The number of rotatable bonds is 4. The van der Waals surface area contributed by atoms with Gasteiger partial charge < -0.3 is 15.0 Å². The molecular weight excluding hydrogens is 268 g/mol. The van der Waals surface area contributed by atoms with Crippen molar-refractivity contribution in [2.24, 2.45) is 5.92 Å². The Morgan fingerprint density at radius 2 is 2.24 bits per heavy atom. The second-order valence-corrected chi connectivity index (χ2v) is 6.20. The molecule has 1 saturated carbocycles. The van der Waals surface area contributed by atoms with Gasteiger partial charge >= 0.3 is 5.97 Å². The molecule has 0 amide bonds. The molecule has 2 fully saturated rings. The number of imidazole rings is 1. The Morgan fingerprint density at radius 1 is 1.43 bits per heavy atom. The fraction of sp³-hybridized carbons (Fsp3) is 0.733. The van der Waals surface area contributed by atoms with Gasteiger partial charge in [0.1, 0.15) is 0 Å². The van der Waals surface area contributed by atoms with Gasteiger partial charge in [0.05, 0.1) is 17.9 Å². The summed E-state index contributed by atoms with van der Waals surface area (Å²) < 4.78 is 2.31. The number of nitrogens with zero attached hydrogens (tertiary/aromatic N) is 3. The topological polar surface area (TPSA) is 70.4 Å². The number of carboxylic acid groups (broad SMARTS) is 1. The highest BCUT2D eigenvalue weighted by Gasteiger charge is 2.25. The van der Waals surface area contributed by atoms with Crippen molar-refractivity contribution in [3.63, 3.8) is 0 Å². The number of carboxylic acids is 1. The van der Waals surface area contributed by atoms with Gasteiger partial charge in [-0.25, -0.2) is 4.98 Å². The lowest BCUT2D eigenvalue weighted by Gasteiger charge is -2.23. The fourth-order valence-corrected chi connectivity index (χ4v) is 3.48. The van der Waals surface area contributed by atoms with E-state index in [4.69, 9.17) is 0 Å². The van der Waals surface area contributed by atoms with Crippen molar-refractivity contribution in [1.29, 1.82) is 0 Å². The van der Waals surface area contributed by atoms with E-state index in [2.05, 4.69) is 19.8 Å². The molecule has 1 aromatic heterocycles. The van der Waals surface area contributed by atoms with Crippen LogP contribution in [0.4, 0.5) is 0 Å². The predicted molar refractivity (Wildman–Crippen MR) is 79.0 cm³/mol. The third kappa shape index (κ3) is 3.44. The van der Waals surface area contributed by atoms with Crippen molar-refractivity contribution in [3.8, 4) is 0 Å². The van der Waals surface area contributed by atoms with Gasteiger partial charge in [-0.3, -0.25) is 9.69 Å². The van der Waals surface area contributed by atoms with Gasteiger partial charge in [0.25, 0.3) is 0 Å². The minimum atomic E-state index is -0.710. The van der Waals surface area contributed by atoms with Gasteiger partial charge in [0, 0.05) is 45.0 Å². The molecule has 21 heavy (non-hydrogen) atoms. The van der Waals surface area contributed by atoms with Crippen LogP contribution in [-0.4, -0.2) is 51.7 Å². The zero-order valence-electron chi connectivity index (χ0n) is 12.4. The summed E-state index contributed by atoms with van der Waals surface area (Å²) in [6.45, 7) is 3.70. The Kier molecular flexibility index (Phi) is 4.55. The highest BCUT2D eigenvalue weighted by Crippen LogP contribution is 2.30. The van der Waals surface area contributed by atoms with Crippen molar-refractivity contribution >= 4 is 5.97 Å². The normalized spacial score (nSPS) is 25.0. The molecule has 0 aromatic carbocycles. The Labute approximate surface area is 125 Å². The first-order chi connectivity index (χ1) is 10.2. The molecule has 6 nitrogen and oxygen atoms in total. The maximum atomic E-state index is 11.2. The maximum Gasteiger partial charge on any atom is 0.309 e. The van der Waals surface area contributed by atoms with E-state index < -0.39 is 5.97 Å². The SMILES string of the molecule is O=C(O)C1CNCCN(Cc2cncn2C2CCCC2)C1. The lowest BCUT2D eigenvalue weighted by atomic mass is 10.1. The zero-order valence-corrected chi connectivity index (χ0v) is 12.4. The molecule has 6 heteroatoms. The molecule has 0 radical (unpaired) electrons. The molecule has 2 aliphatic rings. The lowest BCUT2D eigenvalue weighted by molar-refractivity contribution is -0.142. The summed E-state index contributed by atoms with van der Waals surface area (Å²) in [7, 11) is 0. The van der Waals surface area contributed by atoms with E-state index in [0.29, 0.717) is 19.1 Å².